The van der Waals surface area contributed by atoms with E-state index >= 15 is 0 Å². The van der Waals surface area contributed by atoms with E-state index in [4.69, 9.17) is 10.5 Å². The summed E-state index contributed by atoms with van der Waals surface area (Å²) < 4.78 is 5.18. The second-order valence-corrected chi connectivity index (χ2v) is 5.13. The number of rotatable bonds is 3. The number of anilines is 1. The molecule has 2 aromatic carbocycles. The van der Waals surface area contributed by atoms with E-state index < -0.39 is 0 Å². The fraction of sp³-hybridized carbons (Fsp3) is 0.235. The number of benzene rings is 2. The third-order valence-corrected chi connectivity index (χ3v) is 3.63. The Morgan fingerprint density at radius 2 is 2.09 bits per heavy atom. The Morgan fingerprint density at radius 1 is 1.36 bits per heavy atom. The molecule has 0 aliphatic carbocycles. The Morgan fingerprint density at radius 3 is 2.68 bits per heavy atom. The van der Waals surface area contributed by atoms with Gasteiger partial charge in [-0.15, -0.1) is 29.3 Å². The van der Waals surface area contributed by atoms with Crippen LogP contribution < -0.4 is 10.6 Å². The van der Waals surface area contributed by atoms with Crippen LogP contribution in [0.3, 0.4) is 0 Å². The van der Waals surface area contributed by atoms with Crippen molar-refractivity contribution in [2.75, 3.05) is 18.0 Å². The SMILES string of the molecule is Cc1cc(N2CC(CN)OC2=O)c[c-]c1-c1ccccc1.[Y+3]. The van der Waals surface area contributed by atoms with Gasteiger partial charge in [0.15, 0.2) is 0 Å². The first kappa shape index (κ1) is 17.1. The summed E-state index contributed by atoms with van der Waals surface area (Å²) in [5, 5.41) is 0. The van der Waals surface area contributed by atoms with Crippen LogP contribution in [0.2, 0.25) is 0 Å². The second kappa shape index (κ2) is 7.36. The van der Waals surface area contributed by atoms with Gasteiger partial charge in [0.25, 0.3) is 0 Å². The van der Waals surface area contributed by atoms with Gasteiger partial charge < -0.3 is 15.4 Å². The molecule has 0 spiro atoms. The minimum absolute atomic E-state index is 0. The molecule has 22 heavy (non-hydrogen) atoms. The van der Waals surface area contributed by atoms with Crippen molar-refractivity contribution < 1.29 is 42.2 Å². The van der Waals surface area contributed by atoms with Crippen molar-refractivity contribution >= 4 is 11.8 Å². The maximum absolute atomic E-state index is 11.8. The third kappa shape index (κ3) is 3.40. The van der Waals surface area contributed by atoms with Crippen LogP contribution in [0.4, 0.5) is 10.5 Å². The van der Waals surface area contributed by atoms with Gasteiger partial charge in [-0.1, -0.05) is 42.8 Å². The van der Waals surface area contributed by atoms with Crippen molar-refractivity contribution in [3.63, 3.8) is 0 Å². The third-order valence-electron chi connectivity index (χ3n) is 3.63. The quantitative estimate of drug-likeness (QED) is 0.846. The molecule has 1 amide bonds. The number of carbonyl (C=O) groups excluding carboxylic acids is 1. The van der Waals surface area contributed by atoms with Gasteiger partial charge in [0, 0.05) is 6.54 Å². The molecule has 0 saturated carbocycles. The minimum Gasteiger partial charge on any atom is -0.443 e. The summed E-state index contributed by atoms with van der Waals surface area (Å²) in [5.74, 6) is 0. The first-order chi connectivity index (χ1) is 10.2. The monoisotopic (exact) mass is 370 g/mol. The first-order valence-electron chi connectivity index (χ1n) is 6.95. The van der Waals surface area contributed by atoms with E-state index in [9.17, 15) is 4.79 Å². The van der Waals surface area contributed by atoms with Gasteiger partial charge in [0.05, 0.1) is 6.54 Å². The van der Waals surface area contributed by atoms with Crippen LogP contribution in [-0.4, -0.2) is 25.3 Å². The summed E-state index contributed by atoms with van der Waals surface area (Å²) in [6, 6.07) is 17.2. The first-order valence-corrected chi connectivity index (χ1v) is 6.95. The van der Waals surface area contributed by atoms with Crippen LogP contribution in [0.25, 0.3) is 11.1 Å². The maximum Gasteiger partial charge on any atom is 3.00 e. The molecular weight excluding hydrogens is 353 g/mol. The number of aryl methyl sites for hydroxylation is 1. The molecule has 1 fully saturated rings. The molecule has 1 saturated heterocycles. The van der Waals surface area contributed by atoms with Gasteiger partial charge in [-0.25, -0.2) is 4.79 Å². The molecule has 2 aromatic rings. The Balaban J connectivity index is 0.00000176. The Kier molecular flexibility index (Phi) is 5.73. The van der Waals surface area contributed by atoms with Gasteiger partial charge in [-0.3, -0.25) is 0 Å². The van der Waals surface area contributed by atoms with Crippen LogP contribution in [-0.2, 0) is 37.4 Å². The van der Waals surface area contributed by atoms with Crippen LogP contribution in [0.5, 0.6) is 0 Å². The molecule has 1 aliphatic heterocycles. The molecule has 108 valence electrons. The van der Waals surface area contributed by atoms with Gasteiger partial charge >= 0.3 is 38.8 Å². The number of carbonyl (C=O) groups is 1. The molecule has 1 unspecified atom stereocenters. The normalized spacial score (nSPS) is 17.1. The molecule has 0 radical (unpaired) electrons. The van der Waals surface area contributed by atoms with E-state index in [0.717, 1.165) is 22.4 Å². The summed E-state index contributed by atoms with van der Waals surface area (Å²) in [5.41, 5.74) is 9.59. The molecule has 2 N–H and O–H groups in total. The van der Waals surface area contributed by atoms with Crippen molar-refractivity contribution in [1.29, 1.82) is 0 Å². The van der Waals surface area contributed by atoms with Crippen molar-refractivity contribution in [2.45, 2.75) is 13.0 Å². The number of cyclic esters (lactones) is 1. The van der Waals surface area contributed by atoms with Crippen LogP contribution in [0, 0.1) is 13.0 Å². The minimum atomic E-state index is -0.342. The van der Waals surface area contributed by atoms with Gasteiger partial charge in [0.1, 0.15) is 6.10 Å². The molecule has 4 nitrogen and oxygen atoms in total. The fourth-order valence-electron chi connectivity index (χ4n) is 2.52. The van der Waals surface area contributed by atoms with E-state index in [1.807, 2.05) is 49.4 Å². The van der Waals surface area contributed by atoms with Gasteiger partial charge in [-0.05, 0) is 5.69 Å². The summed E-state index contributed by atoms with van der Waals surface area (Å²) in [6.07, 6.45) is -0.572. The summed E-state index contributed by atoms with van der Waals surface area (Å²) in [4.78, 5) is 13.5. The van der Waals surface area contributed by atoms with E-state index in [1.165, 1.54) is 0 Å². The Bertz CT molecular complexity index is 661. The molecule has 0 aromatic heterocycles. The molecule has 5 heteroatoms. The average Bonchev–Trinajstić information content (AvgIpc) is 2.89. The smallest absolute Gasteiger partial charge is 0.443 e. The van der Waals surface area contributed by atoms with Crippen molar-refractivity contribution in [3.05, 3.63) is 54.1 Å². The second-order valence-electron chi connectivity index (χ2n) is 5.13. The van der Waals surface area contributed by atoms with E-state index in [0.29, 0.717) is 13.1 Å². The number of nitrogens with zero attached hydrogens (tertiary/aromatic N) is 1. The van der Waals surface area contributed by atoms with Crippen LogP contribution >= 0.6 is 0 Å². The number of hydrogen-bond acceptors (Lipinski definition) is 3. The van der Waals surface area contributed by atoms with Gasteiger partial charge in [-0.2, -0.15) is 0 Å². The summed E-state index contributed by atoms with van der Waals surface area (Å²) in [6.45, 7) is 2.85. The number of ether oxygens (including phenoxy) is 1. The number of amides is 1. The van der Waals surface area contributed by atoms with Crippen LogP contribution in [0.15, 0.2) is 42.5 Å². The van der Waals surface area contributed by atoms with Crippen molar-refractivity contribution in [1.82, 2.24) is 0 Å². The largest absolute Gasteiger partial charge is 3.00 e. The van der Waals surface area contributed by atoms with E-state index in [-0.39, 0.29) is 44.9 Å². The van der Waals surface area contributed by atoms with Crippen molar-refractivity contribution in [2.24, 2.45) is 5.73 Å². The maximum atomic E-state index is 11.8. The number of hydrogen-bond donors (Lipinski definition) is 1. The van der Waals surface area contributed by atoms with E-state index in [1.54, 1.807) is 4.90 Å². The van der Waals surface area contributed by atoms with Crippen LogP contribution in [0.1, 0.15) is 5.56 Å². The van der Waals surface area contributed by atoms with Gasteiger partial charge in [0.2, 0.25) is 0 Å². The summed E-state index contributed by atoms with van der Waals surface area (Å²) in [7, 11) is 0. The zero-order valence-corrected chi connectivity index (χ0v) is 15.3. The Hall–Kier alpha value is -1.23. The molecule has 1 aliphatic rings. The zero-order valence-electron chi connectivity index (χ0n) is 12.5. The molecule has 0 bridgehead atoms. The van der Waals surface area contributed by atoms with Crippen molar-refractivity contribution in [3.8, 4) is 11.1 Å². The van der Waals surface area contributed by atoms with E-state index in [2.05, 4.69) is 6.07 Å². The topological polar surface area (TPSA) is 55.6 Å². The Labute approximate surface area is 155 Å². The molecule has 1 atom stereocenters. The molecular formula is C17H17N2O2Y+2. The zero-order chi connectivity index (χ0) is 14.8. The molecule has 1 heterocycles. The fourth-order valence-corrected chi connectivity index (χ4v) is 2.52. The standard InChI is InChI=1S/C17H17N2O2.Y/c1-12-9-14(19-11-15(10-18)21-17(19)20)7-8-16(12)13-5-3-2-4-6-13;/h2-7,9,15H,10-11,18H2,1H3;/q-1;+3. The number of nitrogens with two attached hydrogens (primary N) is 1. The molecule has 3 rings (SSSR count). The summed E-state index contributed by atoms with van der Waals surface area (Å²) >= 11 is 0. The average molecular weight is 370 g/mol. The predicted molar refractivity (Wildman–Crippen MR) is 82.1 cm³/mol. The predicted octanol–water partition coefficient (Wildman–Crippen LogP) is 2.74.